The van der Waals surface area contributed by atoms with E-state index in [1.807, 2.05) is 38.1 Å². The van der Waals surface area contributed by atoms with Gasteiger partial charge in [-0.2, -0.15) is 0 Å². The van der Waals surface area contributed by atoms with Gasteiger partial charge in [-0.15, -0.1) is 0 Å². The molecule has 0 aliphatic heterocycles. The minimum absolute atomic E-state index is 0.340. The average Bonchev–Trinajstić information content (AvgIpc) is 2.36. The molecule has 1 aromatic carbocycles. The molecule has 4 heteroatoms. The maximum atomic E-state index is 12.0. The van der Waals surface area contributed by atoms with Crippen LogP contribution in [0.4, 0.5) is 0 Å². The Balaban J connectivity index is 2.83. The summed E-state index contributed by atoms with van der Waals surface area (Å²) < 4.78 is 0. The van der Waals surface area contributed by atoms with Crippen molar-refractivity contribution in [3.05, 3.63) is 35.4 Å². The summed E-state index contributed by atoms with van der Waals surface area (Å²) in [5.74, 6) is -2.41. The Hall–Kier alpha value is -1.84. The molecule has 1 unspecified atom stereocenters. The van der Waals surface area contributed by atoms with Gasteiger partial charge in [0.2, 0.25) is 5.91 Å². The van der Waals surface area contributed by atoms with Crippen molar-refractivity contribution in [3.8, 4) is 0 Å². The van der Waals surface area contributed by atoms with Crippen LogP contribution in [0.1, 0.15) is 25.0 Å². The van der Waals surface area contributed by atoms with Crippen molar-refractivity contribution < 1.29 is 14.7 Å². The highest BCUT2D eigenvalue weighted by Crippen LogP contribution is 2.12. The molecule has 1 aromatic rings. The predicted octanol–water partition coefficient (Wildman–Crippen LogP) is 2.06. The third-order valence-electron chi connectivity index (χ3n) is 3.06. The van der Waals surface area contributed by atoms with E-state index in [2.05, 4.69) is 0 Å². The first-order valence-corrected chi connectivity index (χ1v) is 6.03. The average molecular weight is 249 g/mol. The third kappa shape index (κ3) is 3.32. The van der Waals surface area contributed by atoms with Crippen LogP contribution in [-0.4, -0.2) is 28.4 Å². The Bertz CT molecular complexity index is 442. The summed E-state index contributed by atoms with van der Waals surface area (Å²) in [7, 11) is 0. The van der Waals surface area contributed by atoms with Crippen LogP contribution in [0.5, 0.6) is 0 Å². The Morgan fingerprint density at radius 2 is 1.94 bits per heavy atom. The van der Waals surface area contributed by atoms with Crippen molar-refractivity contribution >= 4 is 11.9 Å². The molecule has 0 saturated carbocycles. The molecule has 0 fully saturated rings. The number of benzene rings is 1. The first-order valence-electron chi connectivity index (χ1n) is 6.03. The molecule has 1 amide bonds. The molecule has 0 bridgehead atoms. The van der Waals surface area contributed by atoms with E-state index in [0.29, 0.717) is 13.1 Å². The normalized spacial score (nSPS) is 11.9. The van der Waals surface area contributed by atoms with E-state index < -0.39 is 11.9 Å². The van der Waals surface area contributed by atoms with Crippen LogP contribution in [0.15, 0.2) is 24.3 Å². The van der Waals surface area contributed by atoms with E-state index in [-0.39, 0.29) is 5.91 Å². The zero-order valence-corrected chi connectivity index (χ0v) is 11.0. The number of carboxylic acid groups (broad SMARTS) is 1. The van der Waals surface area contributed by atoms with E-state index in [0.717, 1.165) is 11.1 Å². The molecule has 1 N–H and O–H groups in total. The lowest BCUT2D eigenvalue weighted by Crippen LogP contribution is -2.37. The lowest BCUT2D eigenvalue weighted by Gasteiger charge is -2.23. The van der Waals surface area contributed by atoms with E-state index in [9.17, 15) is 9.59 Å². The fourth-order valence-corrected chi connectivity index (χ4v) is 1.72. The van der Waals surface area contributed by atoms with E-state index in [4.69, 9.17) is 5.11 Å². The van der Waals surface area contributed by atoms with E-state index >= 15 is 0 Å². The van der Waals surface area contributed by atoms with Crippen LogP contribution >= 0.6 is 0 Å². The first-order chi connectivity index (χ1) is 8.47. The molecular formula is C14H19NO3. The molecule has 0 heterocycles. The zero-order chi connectivity index (χ0) is 13.7. The quantitative estimate of drug-likeness (QED) is 0.813. The van der Waals surface area contributed by atoms with Crippen molar-refractivity contribution in [1.29, 1.82) is 0 Å². The number of rotatable bonds is 5. The third-order valence-corrected chi connectivity index (χ3v) is 3.06. The molecule has 0 aromatic heterocycles. The molecule has 1 rings (SSSR count). The van der Waals surface area contributed by atoms with Crippen LogP contribution in [0, 0.1) is 12.8 Å². The number of aliphatic carboxylic acids is 1. The Morgan fingerprint density at radius 3 is 2.44 bits per heavy atom. The van der Waals surface area contributed by atoms with Gasteiger partial charge in [-0.3, -0.25) is 9.59 Å². The highest BCUT2D eigenvalue weighted by atomic mass is 16.4. The number of hydrogen-bond donors (Lipinski definition) is 1. The molecule has 0 spiro atoms. The second-order valence-corrected chi connectivity index (χ2v) is 4.34. The standard InChI is InChI=1S/C14H19NO3/c1-4-15(13(16)11(3)14(17)18)9-12-8-6-5-7-10(12)2/h5-8,11H,4,9H2,1-3H3,(H,17,18). The maximum Gasteiger partial charge on any atom is 0.315 e. The summed E-state index contributed by atoms with van der Waals surface area (Å²) in [6.07, 6.45) is 0. The number of nitrogens with zero attached hydrogens (tertiary/aromatic N) is 1. The van der Waals surface area contributed by atoms with Crippen LogP contribution < -0.4 is 0 Å². The number of aryl methyl sites for hydroxylation is 1. The molecule has 0 aliphatic rings. The maximum absolute atomic E-state index is 12.0. The van der Waals surface area contributed by atoms with Crippen LogP contribution in [-0.2, 0) is 16.1 Å². The monoisotopic (exact) mass is 249 g/mol. The minimum Gasteiger partial charge on any atom is -0.481 e. The summed E-state index contributed by atoms with van der Waals surface area (Å²) in [4.78, 5) is 24.4. The molecule has 0 saturated heterocycles. The van der Waals surface area contributed by atoms with Crippen molar-refractivity contribution in [1.82, 2.24) is 4.90 Å². The lowest BCUT2D eigenvalue weighted by atomic mass is 10.1. The molecule has 4 nitrogen and oxygen atoms in total. The molecule has 18 heavy (non-hydrogen) atoms. The van der Waals surface area contributed by atoms with Crippen LogP contribution in [0.2, 0.25) is 0 Å². The largest absolute Gasteiger partial charge is 0.481 e. The van der Waals surface area contributed by atoms with Crippen molar-refractivity contribution in [3.63, 3.8) is 0 Å². The highest BCUT2D eigenvalue weighted by Gasteiger charge is 2.25. The summed E-state index contributed by atoms with van der Waals surface area (Å²) in [5.41, 5.74) is 2.15. The van der Waals surface area contributed by atoms with Crippen molar-refractivity contribution in [2.24, 2.45) is 5.92 Å². The molecular weight excluding hydrogens is 230 g/mol. The SMILES string of the molecule is CCN(Cc1ccccc1C)C(=O)C(C)C(=O)O. The molecule has 0 aliphatic carbocycles. The summed E-state index contributed by atoms with van der Waals surface area (Å²) in [6, 6.07) is 7.79. The van der Waals surface area contributed by atoms with Crippen LogP contribution in [0.3, 0.4) is 0 Å². The first kappa shape index (κ1) is 14.2. The zero-order valence-electron chi connectivity index (χ0n) is 11.0. The van der Waals surface area contributed by atoms with Gasteiger partial charge in [0.15, 0.2) is 0 Å². The van der Waals surface area contributed by atoms with Gasteiger partial charge >= 0.3 is 5.97 Å². The molecule has 0 radical (unpaired) electrons. The number of carboxylic acids is 1. The topological polar surface area (TPSA) is 57.6 Å². The van der Waals surface area contributed by atoms with Gasteiger partial charge in [-0.1, -0.05) is 24.3 Å². The number of amides is 1. The Labute approximate surface area is 107 Å². The second-order valence-electron chi connectivity index (χ2n) is 4.34. The van der Waals surface area contributed by atoms with Gasteiger partial charge in [-0.05, 0) is 31.9 Å². The van der Waals surface area contributed by atoms with Gasteiger partial charge in [0.05, 0.1) is 0 Å². The minimum atomic E-state index is -1.08. The van der Waals surface area contributed by atoms with Gasteiger partial charge in [-0.25, -0.2) is 0 Å². The van der Waals surface area contributed by atoms with Gasteiger partial charge in [0, 0.05) is 13.1 Å². The van der Waals surface area contributed by atoms with E-state index in [1.165, 1.54) is 6.92 Å². The molecule has 98 valence electrons. The number of hydrogen-bond acceptors (Lipinski definition) is 2. The van der Waals surface area contributed by atoms with Crippen molar-refractivity contribution in [2.75, 3.05) is 6.54 Å². The Morgan fingerprint density at radius 1 is 1.33 bits per heavy atom. The van der Waals surface area contributed by atoms with Gasteiger partial charge in [0.1, 0.15) is 5.92 Å². The molecule has 1 atom stereocenters. The number of carbonyl (C=O) groups excluding carboxylic acids is 1. The summed E-state index contributed by atoms with van der Waals surface area (Å²) in [6.45, 7) is 6.22. The highest BCUT2D eigenvalue weighted by molar-refractivity contribution is 5.96. The fraction of sp³-hybridized carbons (Fsp3) is 0.429. The van der Waals surface area contributed by atoms with E-state index in [1.54, 1.807) is 4.90 Å². The number of carbonyl (C=O) groups is 2. The summed E-state index contributed by atoms with van der Waals surface area (Å²) in [5, 5.41) is 8.87. The lowest BCUT2D eigenvalue weighted by molar-refractivity contribution is -0.150. The van der Waals surface area contributed by atoms with Crippen molar-refractivity contribution in [2.45, 2.75) is 27.3 Å². The smallest absolute Gasteiger partial charge is 0.315 e. The van der Waals surface area contributed by atoms with Gasteiger partial charge in [0.25, 0.3) is 0 Å². The summed E-state index contributed by atoms with van der Waals surface area (Å²) >= 11 is 0. The van der Waals surface area contributed by atoms with Crippen LogP contribution in [0.25, 0.3) is 0 Å². The van der Waals surface area contributed by atoms with Gasteiger partial charge < -0.3 is 10.0 Å². The predicted molar refractivity (Wildman–Crippen MR) is 69.1 cm³/mol. The fourth-order valence-electron chi connectivity index (χ4n) is 1.72. The Kier molecular flexibility index (Phi) is 4.89. The second kappa shape index (κ2) is 6.19.